The molecule has 3 rings (SSSR count). The minimum atomic E-state index is -1.27. The summed E-state index contributed by atoms with van der Waals surface area (Å²) in [7, 11) is -1.27. The number of likely N-dealkylation sites (tertiary alicyclic amines) is 1. The first-order valence-corrected chi connectivity index (χ1v) is 13.8. The lowest BCUT2D eigenvalue weighted by Crippen LogP contribution is -2.55. The van der Waals surface area contributed by atoms with Gasteiger partial charge in [0.05, 0.1) is 0 Å². The average Bonchev–Trinajstić information content (AvgIpc) is 2.90. The van der Waals surface area contributed by atoms with E-state index in [4.69, 9.17) is 4.74 Å². The molecule has 1 unspecified atom stereocenters. The number of hydrogen-bond acceptors (Lipinski definition) is 4. The highest BCUT2D eigenvalue weighted by molar-refractivity contribution is 9.10. The maximum atomic E-state index is 13.7. The quantitative estimate of drug-likeness (QED) is 0.363. The van der Waals surface area contributed by atoms with Gasteiger partial charge in [0, 0.05) is 37.7 Å². The second-order valence-electron chi connectivity index (χ2n) is 8.41. The molecular weight excluding hydrogens is 447 g/mol. The molecule has 2 aliphatic rings. The number of rotatable bonds is 6. The van der Waals surface area contributed by atoms with Gasteiger partial charge in [-0.2, -0.15) is 0 Å². The van der Waals surface area contributed by atoms with E-state index in [0.29, 0.717) is 16.6 Å². The molecule has 0 saturated carbocycles. The molecule has 0 spiro atoms. The van der Waals surface area contributed by atoms with Crippen LogP contribution in [-0.4, -0.2) is 55.0 Å². The first-order valence-electron chi connectivity index (χ1n) is 9.29. The SMILES string of the molecule is C[Si](C)(C)CCOCN1C(=O)CCC(N2Cc3c(Br)cc(F)cc3C2=O)C1=O. The van der Waals surface area contributed by atoms with Crippen molar-refractivity contribution >= 4 is 41.7 Å². The molecule has 0 radical (unpaired) electrons. The number of benzene rings is 1. The van der Waals surface area contributed by atoms with Gasteiger partial charge in [0.25, 0.3) is 11.8 Å². The van der Waals surface area contributed by atoms with Gasteiger partial charge in [-0.05, 0) is 30.2 Å². The predicted molar refractivity (Wildman–Crippen MR) is 108 cm³/mol. The lowest BCUT2D eigenvalue weighted by molar-refractivity contribution is -0.158. The number of imide groups is 1. The summed E-state index contributed by atoms with van der Waals surface area (Å²) in [6.45, 7) is 7.29. The Kier molecular flexibility index (Phi) is 6.07. The highest BCUT2D eigenvalue weighted by Crippen LogP contribution is 2.34. The molecule has 1 saturated heterocycles. The fraction of sp³-hybridized carbons (Fsp3) is 0.526. The lowest BCUT2D eigenvalue weighted by atomic mass is 10.0. The number of hydrogen-bond donors (Lipinski definition) is 0. The number of halogens is 2. The van der Waals surface area contributed by atoms with E-state index in [9.17, 15) is 18.8 Å². The monoisotopic (exact) mass is 470 g/mol. The zero-order valence-electron chi connectivity index (χ0n) is 16.3. The average molecular weight is 471 g/mol. The molecule has 6 nitrogen and oxygen atoms in total. The van der Waals surface area contributed by atoms with Gasteiger partial charge in [-0.15, -0.1) is 0 Å². The fourth-order valence-corrected chi connectivity index (χ4v) is 4.70. The maximum Gasteiger partial charge on any atom is 0.255 e. The van der Waals surface area contributed by atoms with E-state index < -0.39 is 25.8 Å². The first kappa shape index (κ1) is 21.1. The molecule has 152 valence electrons. The number of amides is 3. The number of nitrogens with zero attached hydrogens (tertiary/aromatic N) is 2. The highest BCUT2D eigenvalue weighted by Gasteiger charge is 2.43. The van der Waals surface area contributed by atoms with Gasteiger partial charge in [-0.25, -0.2) is 4.39 Å². The van der Waals surface area contributed by atoms with E-state index in [-0.39, 0.29) is 43.5 Å². The Balaban J connectivity index is 1.70. The number of fused-ring (bicyclic) bond motifs is 1. The van der Waals surface area contributed by atoms with Crippen LogP contribution in [0.1, 0.15) is 28.8 Å². The number of ether oxygens (including phenoxy) is 1. The summed E-state index contributed by atoms with van der Waals surface area (Å²) in [6, 6.07) is 2.69. The van der Waals surface area contributed by atoms with Crippen LogP contribution in [0.2, 0.25) is 25.7 Å². The Morgan fingerprint density at radius 3 is 2.64 bits per heavy atom. The molecule has 2 aliphatic heterocycles. The molecule has 2 heterocycles. The third kappa shape index (κ3) is 4.36. The highest BCUT2D eigenvalue weighted by atomic mass is 79.9. The molecule has 0 aromatic heterocycles. The third-order valence-corrected chi connectivity index (χ3v) is 7.47. The molecule has 0 N–H and O–H groups in total. The zero-order valence-corrected chi connectivity index (χ0v) is 18.8. The van der Waals surface area contributed by atoms with E-state index >= 15 is 0 Å². The summed E-state index contributed by atoms with van der Waals surface area (Å²) in [4.78, 5) is 40.4. The topological polar surface area (TPSA) is 66.9 Å². The number of carbonyl (C=O) groups excluding carboxylic acids is 3. The van der Waals surface area contributed by atoms with Crippen LogP contribution in [0.4, 0.5) is 4.39 Å². The van der Waals surface area contributed by atoms with Crippen molar-refractivity contribution in [2.24, 2.45) is 0 Å². The maximum absolute atomic E-state index is 13.7. The summed E-state index contributed by atoms with van der Waals surface area (Å²) >= 11 is 3.29. The summed E-state index contributed by atoms with van der Waals surface area (Å²) in [5.74, 6) is -1.61. The van der Waals surface area contributed by atoms with Crippen LogP contribution < -0.4 is 0 Å². The van der Waals surface area contributed by atoms with Gasteiger partial charge in [-0.1, -0.05) is 35.6 Å². The Labute approximate surface area is 173 Å². The molecule has 1 aromatic carbocycles. The summed E-state index contributed by atoms with van der Waals surface area (Å²) in [6.07, 6.45) is 0.437. The van der Waals surface area contributed by atoms with Crippen molar-refractivity contribution in [1.82, 2.24) is 9.80 Å². The van der Waals surface area contributed by atoms with Gasteiger partial charge in [0.2, 0.25) is 5.91 Å². The number of carbonyl (C=O) groups is 3. The van der Waals surface area contributed by atoms with E-state index in [1.165, 1.54) is 17.0 Å². The standard InChI is InChI=1S/C19H24BrFN2O4Si/c1-28(2,3)7-6-27-11-23-17(24)5-4-16(19(23)26)22-10-14-13(18(22)25)8-12(21)9-15(14)20/h8-9,16H,4-7,10-11H2,1-3H3. The van der Waals surface area contributed by atoms with E-state index in [1.807, 2.05) is 0 Å². The van der Waals surface area contributed by atoms with Gasteiger partial charge in [0.1, 0.15) is 18.6 Å². The van der Waals surface area contributed by atoms with Gasteiger partial charge in [0.15, 0.2) is 0 Å². The molecule has 28 heavy (non-hydrogen) atoms. The Hall–Kier alpha value is -1.58. The predicted octanol–water partition coefficient (Wildman–Crippen LogP) is 3.37. The van der Waals surface area contributed by atoms with Crippen molar-refractivity contribution < 1.29 is 23.5 Å². The van der Waals surface area contributed by atoms with Crippen molar-refractivity contribution in [2.45, 2.75) is 51.1 Å². The Bertz CT molecular complexity index is 827. The van der Waals surface area contributed by atoms with Gasteiger partial charge in [-0.3, -0.25) is 19.3 Å². The van der Waals surface area contributed by atoms with E-state index in [2.05, 4.69) is 35.6 Å². The second kappa shape index (κ2) is 8.04. The second-order valence-corrected chi connectivity index (χ2v) is 14.9. The molecule has 9 heteroatoms. The smallest absolute Gasteiger partial charge is 0.255 e. The zero-order chi connectivity index (χ0) is 20.6. The molecule has 1 aromatic rings. The Morgan fingerprint density at radius 1 is 1.25 bits per heavy atom. The van der Waals surface area contributed by atoms with Crippen LogP contribution in [0.5, 0.6) is 0 Å². The molecule has 0 aliphatic carbocycles. The van der Waals surface area contributed by atoms with Crippen molar-refractivity contribution in [3.05, 3.63) is 33.5 Å². The van der Waals surface area contributed by atoms with Crippen LogP contribution >= 0.6 is 15.9 Å². The van der Waals surface area contributed by atoms with Crippen LogP contribution in [0.15, 0.2) is 16.6 Å². The largest absolute Gasteiger partial charge is 0.361 e. The first-order chi connectivity index (χ1) is 13.1. The summed E-state index contributed by atoms with van der Waals surface area (Å²) < 4.78 is 19.8. The summed E-state index contributed by atoms with van der Waals surface area (Å²) in [5.41, 5.74) is 0.920. The molecule has 1 atom stereocenters. The minimum Gasteiger partial charge on any atom is -0.361 e. The van der Waals surface area contributed by atoms with E-state index in [1.54, 1.807) is 0 Å². The van der Waals surface area contributed by atoms with Crippen molar-refractivity contribution in [2.75, 3.05) is 13.3 Å². The van der Waals surface area contributed by atoms with Crippen LogP contribution in [-0.2, 0) is 20.9 Å². The molecule has 1 fully saturated rings. The normalized spacial score (nSPS) is 20.2. The van der Waals surface area contributed by atoms with Crippen molar-refractivity contribution in [3.8, 4) is 0 Å². The van der Waals surface area contributed by atoms with E-state index in [0.717, 1.165) is 10.9 Å². The van der Waals surface area contributed by atoms with Crippen molar-refractivity contribution in [1.29, 1.82) is 0 Å². The van der Waals surface area contributed by atoms with Crippen molar-refractivity contribution in [3.63, 3.8) is 0 Å². The fourth-order valence-electron chi connectivity index (χ4n) is 3.38. The molecular formula is C19H24BrFN2O4Si. The van der Waals surface area contributed by atoms with Crippen LogP contribution in [0.3, 0.4) is 0 Å². The van der Waals surface area contributed by atoms with Gasteiger partial charge >= 0.3 is 0 Å². The number of piperidine rings is 1. The molecule has 0 bridgehead atoms. The third-order valence-electron chi connectivity index (χ3n) is 5.06. The van der Waals surface area contributed by atoms with Crippen LogP contribution in [0, 0.1) is 5.82 Å². The van der Waals surface area contributed by atoms with Crippen LogP contribution in [0.25, 0.3) is 0 Å². The Morgan fingerprint density at radius 2 is 1.96 bits per heavy atom. The molecule has 3 amide bonds. The lowest BCUT2D eigenvalue weighted by Gasteiger charge is -2.35. The summed E-state index contributed by atoms with van der Waals surface area (Å²) in [5, 5.41) is 0. The minimum absolute atomic E-state index is 0.0913. The van der Waals surface area contributed by atoms with Gasteiger partial charge < -0.3 is 9.64 Å².